The van der Waals surface area contributed by atoms with Crippen molar-refractivity contribution in [1.82, 2.24) is 0 Å². The molecule has 3 radical (unpaired) electrons. The molecule has 0 rings (SSSR count). The van der Waals surface area contributed by atoms with Crippen LogP contribution in [0.5, 0.6) is 0 Å². The van der Waals surface area contributed by atoms with Crippen LogP contribution in [0, 0.1) is 0 Å². The van der Waals surface area contributed by atoms with Crippen molar-refractivity contribution < 1.29 is 0 Å². The van der Waals surface area contributed by atoms with Crippen molar-refractivity contribution in [2.24, 2.45) is 0 Å². The molecule has 0 unspecified atom stereocenters. The molecule has 16 heavy (non-hydrogen) atoms. The molecule has 0 saturated heterocycles. The van der Waals surface area contributed by atoms with E-state index in [0.717, 1.165) is 0 Å². The fraction of sp³-hybridized carbons (Fsp3) is 1.00. The van der Waals surface area contributed by atoms with Crippen molar-refractivity contribution in [3.63, 3.8) is 0 Å². The second kappa shape index (κ2) is 13.0. The minimum Gasteiger partial charge on any atom is -0.107 e. The third-order valence-corrected chi connectivity index (χ3v) is 3.62. The number of unbranched alkanes of at least 4 members (excludes halogenated alkanes) is 8. The number of hydrogen-bond acceptors (Lipinski definition) is 0. The maximum Gasteiger partial charge on any atom is -0.107 e. The van der Waals surface area contributed by atoms with Crippen LogP contribution in [-0.4, -0.2) is 22.5 Å². The first-order valence-electron chi connectivity index (χ1n) is 6.81. The molecule has 0 atom stereocenters. The Morgan fingerprint density at radius 2 is 1.12 bits per heavy atom. The first kappa shape index (κ1) is 19.9. The SMILES string of the molecule is CCCCCCCCCCC[C](C)(C)[Sn].I. The van der Waals surface area contributed by atoms with Crippen molar-refractivity contribution in [1.29, 1.82) is 0 Å². The van der Waals surface area contributed by atoms with Gasteiger partial charge in [-0.15, -0.1) is 24.0 Å². The summed E-state index contributed by atoms with van der Waals surface area (Å²) in [5.74, 6) is 0. The van der Waals surface area contributed by atoms with Gasteiger partial charge in [-0.2, -0.15) is 0 Å². The minimum absolute atomic E-state index is 0. The molecule has 0 aromatic carbocycles. The maximum atomic E-state index is 2.38. The van der Waals surface area contributed by atoms with Gasteiger partial charge in [0.25, 0.3) is 0 Å². The Labute approximate surface area is 134 Å². The predicted molar refractivity (Wildman–Crippen MR) is 87.1 cm³/mol. The Bertz CT molecular complexity index is 129. The monoisotopic (exact) mass is 445 g/mol. The van der Waals surface area contributed by atoms with Gasteiger partial charge in [0.1, 0.15) is 0 Å². The van der Waals surface area contributed by atoms with Crippen LogP contribution >= 0.6 is 24.0 Å². The number of rotatable bonds is 10. The van der Waals surface area contributed by atoms with Crippen molar-refractivity contribution in [3.8, 4) is 0 Å². The summed E-state index contributed by atoms with van der Waals surface area (Å²) in [4.78, 5) is 0. The summed E-state index contributed by atoms with van der Waals surface area (Å²) in [5, 5.41) is 0. The van der Waals surface area contributed by atoms with Crippen LogP contribution in [0.25, 0.3) is 0 Å². The molecule has 0 heterocycles. The van der Waals surface area contributed by atoms with Crippen LogP contribution in [0.1, 0.15) is 85.0 Å². The Balaban J connectivity index is 0. The summed E-state index contributed by atoms with van der Waals surface area (Å²) in [6, 6.07) is 0. The standard InChI is InChI=1S/C14H29.HI.Sn/c1-4-5-6-7-8-9-10-11-12-13-14(2)3;;/h4-13H2,1-3H3;1H;. The summed E-state index contributed by atoms with van der Waals surface area (Å²) < 4.78 is 0.633. The molecular weight excluding hydrogens is 414 g/mol. The Morgan fingerprint density at radius 3 is 1.50 bits per heavy atom. The Morgan fingerprint density at radius 1 is 0.750 bits per heavy atom. The van der Waals surface area contributed by atoms with Gasteiger partial charge in [-0.25, -0.2) is 0 Å². The van der Waals surface area contributed by atoms with E-state index in [1.807, 2.05) is 0 Å². The van der Waals surface area contributed by atoms with Crippen LogP contribution in [0.15, 0.2) is 0 Å². The molecule has 0 nitrogen and oxygen atoms in total. The fourth-order valence-corrected chi connectivity index (χ4v) is 2.38. The van der Waals surface area contributed by atoms with E-state index in [-0.39, 0.29) is 24.0 Å². The summed E-state index contributed by atoms with van der Waals surface area (Å²) in [6.07, 6.45) is 14.5. The fourth-order valence-electron chi connectivity index (χ4n) is 1.88. The van der Waals surface area contributed by atoms with Gasteiger partial charge in [0.15, 0.2) is 0 Å². The van der Waals surface area contributed by atoms with Crippen LogP contribution in [0.3, 0.4) is 0 Å². The van der Waals surface area contributed by atoms with Crippen LogP contribution in [0.2, 0.25) is 3.43 Å². The summed E-state index contributed by atoms with van der Waals surface area (Å²) in [6.45, 7) is 7.06. The van der Waals surface area contributed by atoms with Gasteiger partial charge in [-0.1, -0.05) is 0 Å². The Kier molecular flexibility index (Phi) is 16.1. The topological polar surface area (TPSA) is 0 Å². The van der Waals surface area contributed by atoms with E-state index in [4.69, 9.17) is 0 Å². The molecule has 0 aliphatic heterocycles. The van der Waals surface area contributed by atoms with Crippen LogP contribution in [0.4, 0.5) is 0 Å². The normalized spacial score (nSPS) is 11.2. The maximum absolute atomic E-state index is 2.38. The molecule has 0 amide bonds. The average molecular weight is 444 g/mol. The number of halogens is 1. The predicted octanol–water partition coefficient (Wildman–Crippen LogP) is 5.89. The zero-order chi connectivity index (χ0) is 11.6. The van der Waals surface area contributed by atoms with Gasteiger partial charge in [-0.3, -0.25) is 0 Å². The zero-order valence-corrected chi connectivity index (χ0v) is 16.7. The molecule has 97 valence electrons. The number of hydrogen-bond donors (Lipinski definition) is 0. The third-order valence-electron chi connectivity index (χ3n) is 2.91. The van der Waals surface area contributed by atoms with E-state index in [2.05, 4.69) is 20.8 Å². The van der Waals surface area contributed by atoms with E-state index in [1.165, 1.54) is 64.2 Å². The Hall–Kier alpha value is 1.53. The minimum atomic E-state index is 0. The zero-order valence-electron chi connectivity index (χ0n) is 11.5. The van der Waals surface area contributed by atoms with Gasteiger partial charge in [-0.05, 0) is 0 Å². The van der Waals surface area contributed by atoms with E-state index in [0.29, 0.717) is 3.43 Å². The van der Waals surface area contributed by atoms with Crippen molar-refractivity contribution in [2.45, 2.75) is 88.4 Å². The third kappa shape index (κ3) is 17.9. The molecule has 0 aliphatic rings. The van der Waals surface area contributed by atoms with Crippen LogP contribution < -0.4 is 0 Å². The molecular formula is C14H30ISn. The van der Waals surface area contributed by atoms with Gasteiger partial charge in [0.05, 0.1) is 0 Å². The molecule has 2 heteroatoms. The van der Waals surface area contributed by atoms with E-state index >= 15 is 0 Å². The van der Waals surface area contributed by atoms with E-state index in [9.17, 15) is 0 Å². The van der Waals surface area contributed by atoms with Gasteiger partial charge >= 0.3 is 111 Å². The van der Waals surface area contributed by atoms with Crippen molar-refractivity contribution in [3.05, 3.63) is 0 Å². The van der Waals surface area contributed by atoms with Crippen molar-refractivity contribution >= 4 is 46.5 Å². The van der Waals surface area contributed by atoms with Gasteiger partial charge < -0.3 is 0 Å². The molecule has 0 aromatic rings. The first-order valence-corrected chi connectivity index (χ1v) is 8.24. The average Bonchev–Trinajstić information content (AvgIpc) is 2.14. The molecule has 0 saturated carbocycles. The summed E-state index contributed by atoms with van der Waals surface area (Å²) in [7, 11) is 0. The molecule has 0 bridgehead atoms. The molecule has 0 aliphatic carbocycles. The molecule has 0 aromatic heterocycles. The summed E-state index contributed by atoms with van der Waals surface area (Å²) in [5.41, 5.74) is 0. The van der Waals surface area contributed by atoms with Gasteiger partial charge in [0.2, 0.25) is 0 Å². The second-order valence-corrected chi connectivity index (χ2v) is 9.33. The largest absolute Gasteiger partial charge is 0.107 e. The first-order chi connectivity index (χ1) is 7.06. The van der Waals surface area contributed by atoms with E-state index < -0.39 is 0 Å². The van der Waals surface area contributed by atoms with E-state index in [1.54, 1.807) is 22.5 Å². The van der Waals surface area contributed by atoms with Gasteiger partial charge in [0, 0.05) is 0 Å². The molecule has 0 fully saturated rings. The second-order valence-electron chi connectivity index (χ2n) is 5.46. The summed E-state index contributed by atoms with van der Waals surface area (Å²) >= 11 is 1.70. The molecule has 0 spiro atoms. The van der Waals surface area contributed by atoms with Crippen molar-refractivity contribution in [2.75, 3.05) is 0 Å². The van der Waals surface area contributed by atoms with Crippen LogP contribution in [-0.2, 0) is 0 Å². The molecule has 0 N–H and O–H groups in total. The quantitative estimate of drug-likeness (QED) is 0.224. The smallest absolute Gasteiger partial charge is 0.107 e.